The Bertz CT molecular complexity index is 416. The average Bonchev–Trinajstić information content (AvgIpc) is 2.28. The maximum atomic E-state index is 11.4. The van der Waals surface area contributed by atoms with Crippen LogP contribution in [0.1, 0.15) is 32.8 Å². The molecule has 1 rings (SSSR count). The molecule has 17 heavy (non-hydrogen) atoms. The van der Waals surface area contributed by atoms with Crippen LogP contribution in [0.15, 0.2) is 30.3 Å². The van der Waals surface area contributed by atoms with E-state index in [4.69, 9.17) is 4.74 Å². The van der Waals surface area contributed by atoms with Gasteiger partial charge in [-0.05, 0) is 32.9 Å². The Morgan fingerprint density at radius 1 is 1.24 bits per heavy atom. The molecule has 0 fully saturated rings. The van der Waals surface area contributed by atoms with Gasteiger partial charge in [-0.3, -0.25) is 4.79 Å². The van der Waals surface area contributed by atoms with E-state index in [1.165, 1.54) is 0 Å². The number of hydrogen-bond donors (Lipinski definition) is 0. The van der Waals surface area contributed by atoms with Crippen molar-refractivity contribution in [1.29, 1.82) is 0 Å². The summed E-state index contributed by atoms with van der Waals surface area (Å²) in [6.07, 6.45) is 0.566. The molecular weight excluding hydrogens is 212 g/mol. The van der Waals surface area contributed by atoms with Gasteiger partial charge in [0.1, 0.15) is 6.61 Å². The predicted octanol–water partition coefficient (Wildman–Crippen LogP) is 3.02. The lowest BCUT2D eigenvalue weighted by atomic mass is 9.97. The summed E-state index contributed by atoms with van der Waals surface area (Å²) in [6.45, 7) is 5.87. The van der Waals surface area contributed by atoms with Crippen molar-refractivity contribution in [3.05, 3.63) is 35.9 Å². The maximum Gasteiger partial charge on any atom is 0.311 e. The summed E-state index contributed by atoms with van der Waals surface area (Å²) < 4.78 is 5.10. The van der Waals surface area contributed by atoms with Crippen molar-refractivity contribution in [2.24, 2.45) is 5.41 Å². The highest BCUT2D eigenvalue weighted by atomic mass is 16.5. The van der Waals surface area contributed by atoms with Gasteiger partial charge in [0, 0.05) is 12.0 Å². The first-order chi connectivity index (χ1) is 8.00. The molecule has 0 aliphatic rings. The summed E-state index contributed by atoms with van der Waals surface area (Å²) in [5, 5.41) is 0. The van der Waals surface area contributed by atoms with Gasteiger partial charge in [-0.1, -0.05) is 30.0 Å². The minimum absolute atomic E-state index is 0.181. The maximum absolute atomic E-state index is 11.4. The molecule has 0 heterocycles. The van der Waals surface area contributed by atoms with Gasteiger partial charge >= 0.3 is 5.97 Å². The fourth-order valence-corrected chi connectivity index (χ4v) is 1.10. The molecule has 0 bridgehead atoms. The van der Waals surface area contributed by atoms with Crippen molar-refractivity contribution < 1.29 is 9.53 Å². The highest BCUT2D eigenvalue weighted by Gasteiger charge is 2.22. The molecule has 0 spiro atoms. The fraction of sp³-hybridized carbons (Fsp3) is 0.400. The van der Waals surface area contributed by atoms with Crippen LogP contribution in [0.5, 0.6) is 0 Å². The molecule has 1 aromatic rings. The van der Waals surface area contributed by atoms with Gasteiger partial charge in [-0.25, -0.2) is 0 Å². The minimum Gasteiger partial charge on any atom is -0.464 e. The van der Waals surface area contributed by atoms with Crippen molar-refractivity contribution in [1.82, 2.24) is 0 Å². The molecule has 0 N–H and O–H groups in total. The zero-order valence-electron chi connectivity index (χ0n) is 10.6. The Morgan fingerprint density at radius 3 is 2.47 bits per heavy atom. The van der Waals surface area contributed by atoms with Crippen LogP contribution in [-0.4, -0.2) is 12.6 Å². The Labute approximate surface area is 103 Å². The summed E-state index contributed by atoms with van der Waals surface area (Å²) in [5.41, 5.74) is 0.544. The number of ether oxygens (including phenoxy) is 1. The van der Waals surface area contributed by atoms with Crippen LogP contribution >= 0.6 is 0 Å². The molecule has 90 valence electrons. The van der Waals surface area contributed by atoms with Crippen LogP contribution in [0.25, 0.3) is 0 Å². The quantitative estimate of drug-likeness (QED) is 0.443. The SMILES string of the molecule is CC(C)(C)C(=O)OCCC#Cc1ccccc1. The fourth-order valence-electron chi connectivity index (χ4n) is 1.10. The van der Waals surface area contributed by atoms with Gasteiger partial charge < -0.3 is 4.74 Å². The zero-order chi connectivity index (χ0) is 12.7. The topological polar surface area (TPSA) is 26.3 Å². The molecule has 0 amide bonds. The van der Waals surface area contributed by atoms with Gasteiger partial charge in [-0.2, -0.15) is 0 Å². The van der Waals surface area contributed by atoms with E-state index >= 15 is 0 Å². The second-order valence-corrected chi connectivity index (χ2v) is 4.80. The average molecular weight is 230 g/mol. The first-order valence-electron chi connectivity index (χ1n) is 5.71. The zero-order valence-corrected chi connectivity index (χ0v) is 10.6. The van der Waals surface area contributed by atoms with Gasteiger partial charge in [0.05, 0.1) is 5.41 Å². The third-order valence-corrected chi connectivity index (χ3v) is 2.08. The first-order valence-corrected chi connectivity index (χ1v) is 5.71. The summed E-state index contributed by atoms with van der Waals surface area (Å²) in [7, 11) is 0. The molecule has 0 atom stereocenters. The van der Waals surface area contributed by atoms with Gasteiger partial charge in [0.25, 0.3) is 0 Å². The van der Waals surface area contributed by atoms with Crippen molar-refractivity contribution in [3.8, 4) is 11.8 Å². The van der Waals surface area contributed by atoms with E-state index in [1.807, 2.05) is 51.1 Å². The van der Waals surface area contributed by atoms with E-state index in [9.17, 15) is 4.79 Å². The normalized spacial score (nSPS) is 10.3. The van der Waals surface area contributed by atoms with Crippen LogP contribution < -0.4 is 0 Å². The summed E-state index contributed by atoms with van der Waals surface area (Å²) in [5.74, 6) is 5.82. The molecule has 0 aliphatic heterocycles. The molecule has 0 radical (unpaired) electrons. The van der Waals surface area contributed by atoms with E-state index in [-0.39, 0.29) is 5.97 Å². The molecule has 0 saturated carbocycles. The smallest absolute Gasteiger partial charge is 0.311 e. The summed E-state index contributed by atoms with van der Waals surface area (Å²) in [4.78, 5) is 11.4. The Hall–Kier alpha value is -1.75. The number of carbonyl (C=O) groups excluding carboxylic acids is 1. The molecule has 2 nitrogen and oxygen atoms in total. The number of rotatable bonds is 2. The Morgan fingerprint density at radius 2 is 1.88 bits per heavy atom. The third-order valence-electron chi connectivity index (χ3n) is 2.08. The second-order valence-electron chi connectivity index (χ2n) is 4.80. The van der Waals surface area contributed by atoms with Crippen LogP contribution in [0.2, 0.25) is 0 Å². The van der Waals surface area contributed by atoms with Crippen LogP contribution in [-0.2, 0) is 9.53 Å². The van der Waals surface area contributed by atoms with Crippen LogP contribution in [0.4, 0.5) is 0 Å². The standard InChI is InChI=1S/C15H18O2/c1-15(2,3)14(16)17-12-8-7-11-13-9-5-4-6-10-13/h4-6,9-10H,8,12H2,1-3H3. The number of hydrogen-bond acceptors (Lipinski definition) is 2. The van der Waals surface area contributed by atoms with Crippen molar-refractivity contribution >= 4 is 5.97 Å². The van der Waals surface area contributed by atoms with E-state index in [0.717, 1.165) is 5.56 Å². The summed E-state index contributed by atoms with van der Waals surface area (Å²) >= 11 is 0. The highest BCUT2D eigenvalue weighted by Crippen LogP contribution is 2.14. The van der Waals surface area contributed by atoms with Gasteiger partial charge in [0.15, 0.2) is 0 Å². The van der Waals surface area contributed by atoms with E-state index in [1.54, 1.807) is 0 Å². The molecule has 0 saturated heterocycles. The largest absolute Gasteiger partial charge is 0.464 e. The monoisotopic (exact) mass is 230 g/mol. The molecule has 1 aromatic carbocycles. The molecule has 2 heteroatoms. The number of esters is 1. The lowest BCUT2D eigenvalue weighted by Crippen LogP contribution is -2.23. The Balaban J connectivity index is 2.30. The number of carbonyl (C=O) groups is 1. The minimum atomic E-state index is -0.438. The van der Waals surface area contributed by atoms with Crippen LogP contribution in [0.3, 0.4) is 0 Å². The van der Waals surface area contributed by atoms with Crippen LogP contribution in [0, 0.1) is 17.3 Å². The van der Waals surface area contributed by atoms with Gasteiger partial charge in [-0.15, -0.1) is 0 Å². The van der Waals surface area contributed by atoms with E-state index in [0.29, 0.717) is 13.0 Å². The lowest BCUT2D eigenvalue weighted by Gasteiger charge is -2.15. The Kier molecular flexibility index (Phi) is 4.78. The number of benzene rings is 1. The molecule has 0 unspecified atom stereocenters. The van der Waals surface area contributed by atoms with Gasteiger partial charge in [0.2, 0.25) is 0 Å². The molecule has 0 aromatic heterocycles. The highest BCUT2D eigenvalue weighted by molar-refractivity contribution is 5.75. The summed E-state index contributed by atoms with van der Waals surface area (Å²) in [6, 6.07) is 9.76. The lowest BCUT2D eigenvalue weighted by molar-refractivity contribution is -0.152. The second kappa shape index (κ2) is 6.10. The van der Waals surface area contributed by atoms with E-state index in [2.05, 4.69) is 11.8 Å². The van der Waals surface area contributed by atoms with E-state index < -0.39 is 5.41 Å². The van der Waals surface area contributed by atoms with Crippen molar-refractivity contribution in [3.63, 3.8) is 0 Å². The third kappa shape index (κ3) is 5.21. The predicted molar refractivity (Wildman–Crippen MR) is 68.4 cm³/mol. The first kappa shape index (κ1) is 13.3. The molecular formula is C15H18O2. The van der Waals surface area contributed by atoms with Crippen molar-refractivity contribution in [2.45, 2.75) is 27.2 Å². The van der Waals surface area contributed by atoms with Crippen molar-refractivity contribution in [2.75, 3.05) is 6.61 Å². The molecule has 0 aliphatic carbocycles.